The number of aliphatic hydroxyl groups is 2. The van der Waals surface area contributed by atoms with Gasteiger partial charge in [-0.1, -0.05) is 0 Å². The first-order valence-electron chi connectivity index (χ1n) is 5.67. The molecule has 4 atom stereocenters. The Balaban J connectivity index is 2.21. The quantitative estimate of drug-likeness (QED) is 0.617. The smallest absolute Gasteiger partial charge is 0.354 e. The second-order valence-corrected chi connectivity index (χ2v) is 4.22. The van der Waals surface area contributed by atoms with Gasteiger partial charge in [-0.25, -0.2) is 9.78 Å². The van der Waals surface area contributed by atoms with Crippen molar-refractivity contribution < 1.29 is 14.9 Å². The number of aromatic nitrogens is 3. The highest BCUT2D eigenvalue weighted by Gasteiger charge is 2.38. The SMILES string of the molecule is CNc1ncn(C2CC(O)C(C(C)O)O2)c(=O)n1. The van der Waals surface area contributed by atoms with Crippen molar-refractivity contribution in [1.29, 1.82) is 0 Å². The van der Waals surface area contributed by atoms with Crippen molar-refractivity contribution in [1.82, 2.24) is 14.5 Å². The zero-order valence-corrected chi connectivity index (χ0v) is 10.1. The van der Waals surface area contributed by atoms with E-state index in [1.165, 1.54) is 17.8 Å². The fourth-order valence-corrected chi connectivity index (χ4v) is 1.94. The van der Waals surface area contributed by atoms with Crippen molar-refractivity contribution in [2.24, 2.45) is 0 Å². The molecule has 4 unspecified atom stereocenters. The molecule has 0 saturated carbocycles. The van der Waals surface area contributed by atoms with Gasteiger partial charge in [-0.05, 0) is 6.92 Å². The third-order valence-corrected chi connectivity index (χ3v) is 2.87. The van der Waals surface area contributed by atoms with Gasteiger partial charge in [-0.2, -0.15) is 4.98 Å². The van der Waals surface area contributed by atoms with Gasteiger partial charge in [0.25, 0.3) is 0 Å². The highest BCUT2D eigenvalue weighted by molar-refractivity contribution is 5.18. The lowest BCUT2D eigenvalue weighted by atomic mass is 10.1. The molecule has 2 rings (SSSR count). The Hall–Kier alpha value is -1.51. The Morgan fingerprint density at radius 1 is 1.67 bits per heavy atom. The molecule has 0 amide bonds. The zero-order chi connectivity index (χ0) is 13.3. The van der Waals surface area contributed by atoms with Crippen molar-refractivity contribution in [2.45, 2.75) is 37.9 Å². The summed E-state index contributed by atoms with van der Waals surface area (Å²) in [6.07, 6.45) is -1.45. The molecule has 1 aromatic rings. The molecule has 8 nitrogen and oxygen atoms in total. The van der Waals surface area contributed by atoms with Gasteiger partial charge in [0.2, 0.25) is 5.95 Å². The Kier molecular flexibility index (Phi) is 3.60. The molecule has 1 aliphatic heterocycles. The van der Waals surface area contributed by atoms with E-state index in [-0.39, 0.29) is 12.4 Å². The maximum absolute atomic E-state index is 11.7. The molecular weight excluding hydrogens is 240 g/mol. The van der Waals surface area contributed by atoms with E-state index in [0.29, 0.717) is 0 Å². The number of nitrogens with zero attached hydrogens (tertiary/aromatic N) is 3. The average Bonchev–Trinajstić information content (AvgIpc) is 2.71. The molecule has 0 spiro atoms. The zero-order valence-electron chi connectivity index (χ0n) is 10.1. The second kappa shape index (κ2) is 5.01. The summed E-state index contributed by atoms with van der Waals surface area (Å²) in [6, 6.07) is 0. The average molecular weight is 256 g/mol. The molecule has 1 aliphatic rings. The third kappa shape index (κ3) is 2.35. The molecule has 100 valence electrons. The monoisotopic (exact) mass is 256 g/mol. The van der Waals surface area contributed by atoms with Crippen LogP contribution in [0.5, 0.6) is 0 Å². The summed E-state index contributed by atoms with van der Waals surface area (Å²) in [5, 5.41) is 21.8. The predicted molar refractivity (Wildman–Crippen MR) is 62.1 cm³/mol. The Morgan fingerprint density at radius 2 is 2.39 bits per heavy atom. The molecule has 1 aromatic heterocycles. The normalized spacial score (nSPS) is 29.2. The van der Waals surface area contributed by atoms with Crippen molar-refractivity contribution in [3.63, 3.8) is 0 Å². The molecule has 0 aliphatic carbocycles. The molecule has 18 heavy (non-hydrogen) atoms. The summed E-state index contributed by atoms with van der Waals surface area (Å²) in [7, 11) is 1.61. The number of ether oxygens (including phenoxy) is 1. The second-order valence-electron chi connectivity index (χ2n) is 4.22. The first-order chi connectivity index (χ1) is 8.52. The van der Waals surface area contributed by atoms with Crippen LogP contribution in [0.4, 0.5) is 5.95 Å². The van der Waals surface area contributed by atoms with Crippen LogP contribution in [0.15, 0.2) is 11.1 Å². The summed E-state index contributed by atoms with van der Waals surface area (Å²) < 4.78 is 6.64. The maximum atomic E-state index is 11.7. The van der Waals surface area contributed by atoms with E-state index >= 15 is 0 Å². The first kappa shape index (κ1) is 12.9. The van der Waals surface area contributed by atoms with Gasteiger partial charge in [-0.15, -0.1) is 0 Å². The summed E-state index contributed by atoms with van der Waals surface area (Å²) in [6.45, 7) is 1.53. The van der Waals surface area contributed by atoms with Gasteiger partial charge >= 0.3 is 5.69 Å². The molecule has 8 heteroatoms. The standard InChI is InChI=1S/C10H16N4O4/c1-5(15)8-6(16)3-7(18-8)14-4-12-9(11-2)13-10(14)17/h4-8,15-16H,3H2,1-2H3,(H,11,13,17). The number of hydrogen-bond acceptors (Lipinski definition) is 7. The van der Waals surface area contributed by atoms with E-state index in [2.05, 4.69) is 15.3 Å². The van der Waals surface area contributed by atoms with E-state index in [1.807, 2.05) is 0 Å². The number of nitrogens with one attached hydrogen (secondary N) is 1. The van der Waals surface area contributed by atoms with Gasteiger partial charge in [0, 0.05) is 13.5 Å². The largest absolute Gasteiger partial charge is 0.391 e. The van der Waals surface area contributed by atoms with Crippen LogP contribution in [0.1, 0.15) is 19.6 Å². The van der Waals surface area contributed by atoms with Crippen molar-refractivity contribution >= 4 is 5.95 Å². The molecule has 3 N–H and O–H groups in total. The third-order valence-electron chi connectivity index (χ3n) is 2.87. The van der Waals surface area contributed by atoms with Crippen molar-refractivity contribution in [3.05, 3.63) is 16.8 Å². The summed E-state index contributed by atoms with van der Waals surface area (Å²) in [4.78, 5) is 19.3. The van der Waals surface area contributed by atoms with Crippen LogP contribution in [-0.2, 0) is 4.74 Å². The van der Waals surface area contributed by atoms with Gasteiger partial charge in [0.05, 0.1) is 12.2 Å². The summed E-state index contributed by atoms with van der Waals surface area (Å²) >= 11 is 0. The number of anilines is 1. The van der Waals surface area contributed by atoms with Crippen LogP contribution in [0, 0.1) is 0 Å². The molecule has 0 bridgehead atoms. The van der Waals surface area contributed by atoms with Gasteiger partial charge in [0.1, 0.15) is 18.7 Å². The fourth-order valence-electron chi connectivity index (χ4n) is 1.94. The maximum Gasteiger partial charge on any atom is 0.354 e. The van der Waals surface area contributed by atoms with Crippen LogP contribution in [0.25, 0.3) is 0 Å². The first-order valence-corrected chi connectivity index (χ1v) is 5.67. The lowest BCUT2D eigenvalue weighted by Crippen LogP contribution is -2.32. The summed E-state index contributed by atoms with van der Waals surface area (Å²) in [5.74, 6) is 0.224. The minimum Gasteiger partial charge on any atom is -0.391 e. The minimum atomic E-state index is -0.814. The highest BCUT2D eigenvalue weighted by Crippen LogP contribution is 2.29. The van der Waals surface area contributed by atoms with Crippen molar-refractivity contribution in [2.75, 3.05) is 12.4 Å². The Bertz CT molecular complexity index is 475. The molecular formula is C10H16N4O4. The Morgan fingerprint density at radius 3 is 2.89 bits per heavy atom. The van der Waals surface area contributed by atoms with Crippen molar-refractivity contribution in [3.8, 4) is 0 Å². The minimum absolute atomic E-state index is 0.220. The topological polar surface area (TPSA) is 110 Å². The van der Waals surface area contributed by atoms with Crippen LogP contribution < -0.4 is 11.0 Å². The van der Waals surface area contributed by atoms with E-state index in [0.717, 1.165) is 0 Å². The van der Waals surface area contributed by atoms with E-state index < -0.39 is 30.2 Å². The fraction of sp³-hybridized carbons (Fsp3) is 0.700. The lowest BCUT2D eigenvalue weighted by molar-refractivity contribution is -0.0773. The number of hydrogen-bond donors (Lipinski definition) is 3. The number of rotatable bonds is 3. The molecule has 0 radical (unpaired) electrons. The molecule has 2 heterocycles. The highest BCUT2D eigenvalue weighted by atomic mass is 16.5. The van der Waals surface area contributed by atoms with E-state index in [9.17, 15) is 15.0 Å². The molecule has 1 saturated heterocycles. The van der Waals surface area contributed by atoms with Gasteiger partial charge in [-0.3, -0.25) is 4.57 Å². The van der Waals surface area contributed by atoms with E-state index in [4.69, 9.17) is 4.74 Å². The van der Waals surface area contributed by atoms with E-state index in [1.54, 1.807) is 7.05 Å². The van der Waals surface area contributed by atoms with Crippen LogP contribution >= 0.6 is 0 Å². The van der Waals surface area contributed by atoms with Gasteiger partial charge < -0.3 is 20.3 Å². The Labute approximate surface area is 103 Å². The lowest BCUT2D eigenvalue weighted by Gasteiger charge is -2.17. The van der Waals surface area contributed by atoms with Crippen LogP contribution in [-0.4, -0.2) is 50.1 Å². The van der Waals surface area contributed by atoms with Crippen LogP contribution in [0.2, 0.25) is 0 Å². The molecule has 0 aromatic carbocycles. The number of aliphatic hydroxyl groups excluding tert-OH is 2. The summed E-state index contributed by atoms with van der Waals surface area (Å²) in [5.41, 5.74) is -0.516. The predicted octanol–water partition coefficient (Wildman–Crippen LogP) is -1.29. The van der Waals surface area contributed by atoms with Crippen LogP contribution in [0.3, 0.4) is 0 Å². The molecule has 1 fully saturated rings. The van der Waals surface area contributed by atoms with Gasteiger partial charge in [0.15, 0.2) is 0 Å².